The van der Waals surface area contributed by atoms with Gasteiger partial charge in [0.1, 0.15) is 0 Å². The molecule has 0 saturated heterocycles. The van der Waals surface area contributed by atoms with Crippen molar-refractivity contribution < 1.29 is 13.2 Å². The smallest absolute Gasteiger partial charge is 0.166 e. The maximum absolute atomic E-state index is 12.3. The van der Waals surface area contributed by atoms with Gasteiger partial charge in [0.2, 0.25) is 0 Å². The highest BCUT2D eigenvalue weighted by Crippen LogP contribution is 2.25. The Bertz CT molecular complexity index is 404. The lowest BCUT2D eigenvalue weighted by Crippen LogP contribution is -2.08. The van der Waals surface area contributed by atoms with Crippen molar-refractivity contribution in [2.45, 2.75) is 33.4 Å². The molecule has 0 aliphatic carbocycles. The van der Waals surface area contributed by atoms with Crippen LogP contribution in [-0.2, 0) is 0 Å². The molecule has 0 aromatic carbocycles. The van der Waals surface area contributed by atoms with Gasteiger partial charge in [-0.1, -0.05) is 50.0 Å². The minimum absolute atomic E-state index is 0.628. The second-order valence-electron chi connectivity index (χ2n) is 4.07. The largest absolute Gasteiger partial charge is 0.412 e. The van der Waals surface area contributed by atoms with Crippen LogP contribution in [0.15, 0.2) is 59.8 Å². The second kappa shape index (κ2) is 7.04. The molecule has 0 spiro atoms. The highest BCUT2D eigenvalue weighted by molar-refractivity contribution is 5.40. The first-order chi connectivity index (χ1) is 8.18. The van der Waals surface area contributed by atoms with E-state index < -0.39 is 11.7 Å². The van der Waals surface area contributed by atoms with Crippen molar-refractivity contribution in [2.75, 3.05) is 0 Å². The highest BCUT2D eigenvalue weighted by atomic mass is 19.4. The molecule has 0 saturated carbocycles. The Balaban J connectivity index is 4.76. The summed E-state index contributed by atoms with van der Waals surface area (Å²) in [6.07, 6.45) is 2.62. The molecule has 3 heteroatoms. The Hall–Kier alpha value is -1.51. The van der Waals surface area contributed by atoms with Gasteiger partial charge in [-0.3, -0.25) is 0 Å². The number of rotatable bonds is 5. The summed E-state index contributed by atoms with van der Waals surface area (Å²) >= 11 is 0. The zero-order valence-electron chi connectivity index (χ0n) is 11.1. The van der Waals surface area contributed by atoms with Gasteiger partial charge in [-0.2, -0.15) is 13.2 Å². The predicted octanol–water partition coefficient (Wildman–Crippen LogP) is 5.52. The van der Waals surface area contributed by atoms with E-state index in [0.29, 0.717) is 11.1 Å². The summed E-state index contributed by atoms with van der Waals surface area (Å²) in [7, 11) is 0. The van der Waals surface area contributed by atoms with Crippen molar-refractivity contribution in [3.05, 3.63) is 59.8 Å². The van der Waals surface area contributed by atoms with E-state index in [4.69, 9.17) is 0 Å². The quantitative estimate of drug-likeness (QED) is 0.568. The molecular formula is C15H19F3. The number of halogens is 3. The molecule has 0 nitrogen and oxygen atoms in total. The van der Waals surface area contributed by atoms with E-state index in [0.717, 1.165) is 25.0 Å². The molecule has 0 aliphatic rings. The van der Waals surface area contributed by atoms with Crippen LogP contribution in [0.4, 0.5) is 13.2 Å². The van der Waals surface area contributed by atoms with Gasteiger partial charge in [-0.05, 0) is 31.4 Å². The van der Waals surface area contributed by atoms with E-state index in [2.05, 4.69) is 13.2 Å². The third-order valence-corrected chi connectivity index (χ3v) is 2.51. The summed E-state index contributed by atoms with van der Waals surface area (Å²) in [6, 6.07) is 0. The third kappa shape index (κ3) is 6.28. The van der Waals surface area contributed by atoms with Crippen LogP contribution >= 0.6 is 0 Å². The summed E-state index contributed by atoms with van der Waals surface area (Å²) in [6.45, 7) is 12.3. The van der Waals surface area contributed by atoms with Crippen molar-refractivity contribution in [3.8, 4) is 0 Å². The summed E-state index contributed by atoms with van der Waals surface area (Å²) < 4.78 is 36.8. The van der Waals surface area contributed by atoms with Gasteiger partial charge >= 0.3 is 6.18 Å². The van der Waals surface area contributed by atoms with Crippen LogP contribution in [0.3, 0.4) is 0 Å². The Morgan fingerprint density at radius 2 is 1.61 bits per heavy atom. The van der Waals surface area contributed by atoms with Crippen LogP contribution < -0.4 is 0 Å². The molecular weight excluding hydrogens is 237 g/mol. The van der Waals surface area contributed by atoms with Crippen LogP contribution in [0.1, 0.15) is 27.2 Å². The van der Waals surface area contributed by atoms with E-state index in [1.54, 1.807) is 13.0 Å². The molecule has 18 heavy (non-hydrogen) atoms. The molecule has 0 rings (SSSR count). The molecule has 0 heterocycles. The number of hydrogen-bond donors (Lipinski definition) is 0. The van der Waals surface area contributed by atoms with E-state index in [1.165, 1.54) is 6.08 Å². The standard InChI is InChI=1S/C15H19F3/c1-6-11(2)7-8-12(3)13(4)9-10-14(5)15(16,17)18/h7-10H,2-3,6H2,1,4-5H3/b8-7-,13-9+,14-10+. The van der Waals surface area contributed by atoms with Crippen LogP contribution in [0, 0.1) is 0 Å². The maximum Gasteiger partial charge on any atom is 0.412 e. The fraction of sp³-hybridized carbons (Fsp3) is 0.333. The number of alkyl halides is 3. The first kappa shape index (κ1) is 16.5. The number of hydrogen-bond acceptors (Lipinski definition) is 0. The molecule has 0 atom stereocenters. The van der Waals surface area contributed by atoms with E-state index in [-0.39, 0.29) is 0 Å². The molecule has 0 unspecified atom stereocenters. The zero-order valence-corrected chi connectivity index (χ0v) is 11.1. The van der Waals surface area contributed by atoms with Crippen LogP contribution in [0.2, 0.25) is 0 Å². The molecule has 0 radical (unpaired) electrons. The van der Waals surface area contributed by atoms with Gasteiger partial charge in [0.05, 0.1) is 0 Å². The molecule has 0 aliphatic heterocycles. The van der Waals surface area contributed by atoms with E-state index >= 15 is 0 Å². The molecule has 0 amide bonds. The fourth-order valence-corrected chi connectivity index (χ4v) is 0.919. The Kier molecular flexibility index (Phi) is 6.45. The monoisotopic (exact) mass is 256 g/mol. The second-order valence-corrected chi connectivity index (χ2v) is 4.07. The summed E-state index contributed by atoms with van der Waals surface area (Å²) in [4.78, 5) is 0. The van der Waals surface area contributed by atoms with Crippen LogP contribution in [0.5, 0.6) is 0 Å². The van der Waals surface area contributed by atoms with E-state index in [9.17, 15) is 13.2 Å². The normalized spacial score (nSPS) is 14.1. The SMILES string of the molecule is C=C(/C=C\C(=C)/C(C)=C/C=C(\C)C(F)(F)F)CC. The molecule has 0 bridgehead atoms. The molecule has 100 valence electrons. The number of allylic oxidation sites excluding steroid dienone is 8. The molecule has 0 aromatic heterocycles. The Labute approximate surface area is 107 Å². The lowest BCUT2D eigenvalue weighted by Gasteiger charge is -2.05. The Morgan fingerprint density at radius 1 is 1.06 bits per heavy atom. The topological polar surface area (TPSA) is 0 Å². The van der Waals surface area contributed by atoms with Crippen LogP contribution in [0.25, 0.3) is 0 Å². The summed E-state index contributed by atoms with van der Waals surface area (Å²) in [5.74, 6) is 0. The average Bonchev–Trinajstić information content (AvgIpc) is 2.30. The molecule has 0 N–H and O–H groups in total. The first-order valence-electron chi connectivity index (χ1n) is 5.66. The van der Waals surface area contributed by atoms with Gasteiger partial charge in [0, 0.05) is 5.57 Å². The van der Waals surface area contributed by atoms with Crippen molar-refractivity contribution in [1.82, 2.24) is 0 Å². The summed E-state index contributed by atoms with van der Waals surface area (Å²) in [5, 5.41) is 0. The maximum atomic E-state index is 12.3. The van der Waals surface area contributed by atoms with Gasteiger partial charge in [-0.25, -0.2) is 0 Å². The van der Waals surface area contributed by atoms with Crippen molar-refractivity contribution in [3.63, 3.8) is 0 Å². The van der Waals surface area contributed by atoms with Gasteiger partial charge < -0.3 is 0 Å². The van der Waals surface area contributed by atoms with Crippen LogP contribution in [-0.4, -0.2) is 6.18 Å². The minimum atomic E-state index is -4.27. The molecule has 0 aromatic rings. The van der Waals surface area contributed by atoms with E-state index in [1.807, 2.05) is 13.0 Å². The van der Waals surface area contributed by atoms with Gasteiger partial charge in [0.25, 0.3) is 0 Å². The van der Waals surface area contributed by atoms with Crippen molar-refractivity contribution >= 4 is 0 Å². The highest BCUT2D eigenvalue weighted by Gasteiger charge is 2.29. The van der Waals surface area contributed by atoms with Gasteiger partial charge in [-0.15, -0.1) is 0 Å². The zero-order chi connectivity index (χ0) is 14.3. The Morgan fingerprint density at radius 3 is 2.06 bits per heavy atom. The van der Waals surface area contributed by atoms with Gasteiger partial charge in [0.15, 0.2) is 0 Å². The average molecular weight is 256 g/mol. The minimum Gasteiger partial charge on any atom is -0.166 e. The first-order valence-corrected chi connectivity index (χ1v) is 5.66. The third-order valence-electron chi connectivity index (χ3n) is 2.51. The van der Waals surface area contributed by atoms with Crippen molar-refractivity contribution in [2.24, 2.45) is 0 Å². The lowest BCUT2D eigenvalue weighted by molar-refractivity contribution is -0.0912. The van der Waals surface area contributed by atoms with Crippen molar-refractivity contribution in [1.29, 1.82) is 0 Å². The molecule has 0 fully saturated rings. The summed E-state index contributed by atoms with van der Waals surface area (Å²) in [5.41, 5.74) is 1.69. The fourth-order valence-electron chi connectivity index (χ4n) is 0.919. The predicted molar refractivity (Wildman–Crippen MR) is 71.3 cm³/mol. The lowest BCUT2D eigenvalue weighted by atomic mass is 10.1.